The van der Waals surface area contributed by atoms with Crippen molar-refractivity contribution in [1.29, 1.82) is 0 Å². The average molecular weight is 240 g/mol. The highest BCUT2D eigenvalue weighted by atomic mass is 14.8. The van der Waals surface area contributed by atoms with E-state index in [0.29, 0.717) is 0 Å². The summed E-state index contributed by atoms with van der Waals surface area (Å²) in [5, 5.41) is 3.19. The first-order valence-corrected chi connectivity index (χ1v) is 6.36. The van der Waals surface area contributed by atoms with Crippen LogP contribution >= 0.6 is 0 Å². The number of anilines is 1. The summed E-state index contributed by atoms with van der Waals surface area (Å²) in [6, 6.07) is 16.7. The number of para-hydroxylation sites is 1. The van der Waals surface area contributed by atoms with Gasteiger partial charge in [0.25, 0.3) is 0 Å². The molecule has 0 bridgehead atoms. The molecule has 0 saturated heterocycles. The summed E-state index contributed by atoms with van der Waals surface area (Å²) in [4.78, 5) is 0. The predicted octanol–water partition coefficient (Wildman–Crippen LogP) is 2.62. The third kappa shape index (κ3) is 3.11. The Kier molecular flexibility index (Phi) is 4.37. The van der Waals surface area contributed by atoms with Gasteiger partial charge in [-0.15, -0.1) is 0 Å². The third-order valence-electron chi connectivity index (χ3n) is 3.20. The summed E-state index contributed by atoms with van der Waals surface area (Å²) in [6.45, 7) is 1.00. The zero-order chi connectivity index (χ0) is 12.8. The van der Waals surface area contributed by atoms with Crippen molar-refractivity contribution in [3.8, 4) is 0 Å². The van der Waals surface area contributed by atoms with Crippen molar-refractivity contribution >= 4 is 5.69 Å². The van der Waals surface area contributed by atoms with Crippen molar-refractivity contribution in [2.75, 3.05) is 19.3 Å². The molecule has 0 heterocycles. The Morgan fingerprint density at radius 1 is 0.889 bits per heavy atom. The fourth-order valence-electron chi connectivity index (χ4n) is 2.13. The van der Waals surface area contributed by atoms with Gasteiger partial charge in [0.1, 0.15) is 0 Å². The van der Waals surface area contributed by atoms with Crippen LogP contribution in [0.5, 0.6) is 0 Å². The monoisotopic (exact) mass is 240 g/mol. The van der Waals surface area contributed by atoms with Gasteiger partial charge in [0.05, 0.1) is 0 Å². The van der Waals surface area contributed by atoms with Crippen molar-refractivity contribution in [3.63, 3.8) is 0 Å². The van der Waals surface area contributed by atoms with Crippen LogP contribution < -0.4 is 11.1 Å². The van der Waals surface area contributed by atoms with E-state index in [-0.39, 0.29) is 0 Å². The Balaban J connectivity index is 2.21. The minimum atomic E-state index is 0.876. The number of nitrogens with two attached hydrogens (primary N) is 1. The summed E-state index contributed by atoms with van der Waals surface area (Å²) in [5.74, 6) is 0. The van der Waals surface area contributed by atoms with E-state index in [2.05, 4.69) is 35.6 Å². The van der Waals surface area contributed by atoms with Crippen LogP contribution in [0.15, 0.2) is 48.5 Å². The van der Waals surface area contributed by atoms with Crippen LogP contribution in [0.3, 0.4) is 0 Å². The van der Waals surface area contributed by atoms with E-state index in [4.69, 9.17) is 5.73 Å². The summed E-state index contributed by atoms with van der Waals surface area (Å²) in [7, 11) is 1.98. The van der Waals surface area contributed by atoms with Gasteiger partial charge in [0, 0.05) is 5.69 Å². The molecule has 0 amide bonds. The first kappa shape index (κ1) is 12.7. The molecule has 0 aliphatic carbocycles. The lowest BCUT2D eigenvalue weighted by molar-refractivity contribution is 0.786. The number of rotatable bonds is 5. The predicted molar refractivity (Wildman–Crippen MR) is 77.7 cm³/mol. The largest absolute Gasteiger partial charge is 0.398 e. The van der Waals surface area contributed by atoms with Crippen LogP contribution in [-0.4, -0.2) is 13.6 Å². The van der Waals surface area contributed by atoms with E-state index in [1.165, 1.54) is 16.7 Å². The Morgan fingerprint density at radius 2 is 1.50 bits per heavy atom. The van der Waals surface area contributed by atoms with Crippen molar-refractivity contribution in [2.24, 2.45) is 0 Å². The second kappa shape index (κ2) is 6.22. The maximum Gasteiger partial charge on any atom is 0.0349 e. The van der Waals surface area contributed by atoms with Crippen LogP contribution in [0, 0.1) is 0 Å². The normalized spacial score (nSPS) is 10.5. The average Bonchev–Trinajstić information content (AvgIpc) is 2.40. The molecular weight excluding hydrogens is 220 g/mol. The molecule has 0 saturated carbocycles. The lowest BCUT2D eigenvalue weighted by Gasteiger charge is -2.11. The van der Waals surface area contributed by atoms with Gasteiger partial charge in [-0.3, -0.25) is 0 Å². The lowest BCUT2D eigenvalue weighted by atomic mass is 9.97. The number of hydrogen-bond donors (Lipinski definition) is 2. The maximum absolute atomic E-state index is 6.01. The standard InChI is InChI=1S/C16H20N2/c1-18-11-10-13-6-2-3-7-14(13)12-15-8-4-5-9-16(15)17/h2-9,18H,10-12,17H2,1H3. The number of hydrogen-bond acceptors (Lipinski definition) is 2. The van der Waals surface area contributed by atoms with Crippen LogP contribution in [0.2, 0.25) is 0 Å². The Hall–Kier alpha value is -1.80. The van der Waals surface area contributed by atoms with E-state index >= 15 is 0 Å². The minimum Gasteiger partial charge on any atom is -0.398 e. The summed E-state index contributed by atoms with van der Waals surface area (Å²) in [6.07, 6.45) is 1.96. The van der Waals surface area contributed by atoms with Crippen molar-refractivity contribution < 1.29 is 0 Å². The van der Waals surface area contributed by atoms with E-state index in [1.807, 2.05) is 25.2 Å². The van der Waals surface area contributed by atoms with Crippen LogP contribution in [0.4, 0.5) is 5.69 Å². The van der Waals surface area contributed by atoms with Gasteiger partial charge in [-0.05, 0) is 49.2 Å². The summed E-state index contributed by atoms with van der Waals surface area (Å²) >= 11 is 0. The molecule has 2 nitrogen and oxygen atoms in total. The molecule has 3 N–H and O–H groups in total. The Labute approximate surface area is 109 Å². The van der Waals surface area contributed by atoms with Gasteiger partial charge >= 0.3 is 0 Å². The molecule has 0 radical (unpaired) electrons. The fourth-order valence-corrected chi connectivity index (χ4v) is 2.13. The number of nitrogens with one attached hydrogen (secondary N) is 1. The molecular formula is C16H20N2. The molecule has 18 heavy (non-hydrogen) atoms. The van der Waals surface area contributed by atoms with Gasteiger partial charge < -0.3 is 11.1 Å². The van der Waals surface area contributed by atoms with E-state index < -0.39 is 0 Å². The zero-order valence-electron chi connectivity index (χ0n) is 10.8. The third-order valence-corrected chi connectivity index (χ3v) is 3.20. The fraction of sp³-hybridized carbons (Fsp3) is 0.250. The second-order valence-corrected chi connectivity index (χ2v) is 4.50. The highest BCUT2D eigenvalue weighted by Crippen LogP contribution is 2.19. The van der Waals surface area contributed by atoms with Crippen molar-refractivity contribution in [2.45, 2.75) is 12.8 Å². The molecule has 2 heteroatoms. The van der Waals surface area contributed by atoms with Gasteiger partial charge in [0.2, 0.25) is 0 Å². The van der Waals surface area contributed by atoms with E-state index in [9.17, 15) is 0 Å². The Bertz CT molecular complexity index is 506. The minimum absolute atomic E-state index is 0.876. The molecule has 0 aliphatic rings. The highest BCUT2D eigenvalue weighted by molar-refractivity contribution is 5.49. The topological polar surface area (TPSA) is 38.0 Å². The van der Waals surface area contributed by atoms with E-state index in [0.717, 1.165) is 25.1 Å². The second-order valence-electron chi connectivity index (χ2n) is 4.50. The van der Waals surface area contributed by atoms with Crippen molar-refractivity contribution in [3.05, 3.63) is 65.2 Å². The molecule has 2 aromatic carbocycles. The van der Waals surface area contributed by atoms with Gasteiger partial charge in [-0.2, -0.15) is 0 Å². The smallest absolute Gasteiger partial charge is 0.0349 e. The van der Waals surface area contributed by atoms with Crippen molar-refractivity contribution in [1.82, 2.24) is 5.32 Å². The lowest BCUT2D eigenvalue weighted by Crippen LogP contribution is -2.11. The SMILES string of the molecule is CNCCc1ccccc1Cc1ccccc1N. The molecule has 0 spiro atoms. The van der Waals surface area contributed by atoms with Gasteiger partial charge in [0.15, 0.2) is 0 Å². The molecule has 2 rings (SSSR count). The maximum atomic E-state index is 6.01. The van der Waals surface area contributed by atoms with Crippen LogP contribution in [0.1, 0.15) is 16.7 Å². The molecule has 94 valence electrons. The molecule has 0 aromatic heterocycles. The molecule has 0 unspecified atom stereocenters. The molecule has 0 aliphatic heterocycles. The molecule has 2 aromatic rings. The quantitative estimate of drug-likeness (QED) is 0.788. The number of likely N-dealkylation sites (N-methyl/N-ethyl adjacent to an activating group) is 1. The van der Waals surface area contributed by atoms with Crippen LogP contribution in [0.25, 0.3) is 0 Å². The first-order chi connectivity index (χ1) is 8.81. The number of benzene rings is 2. The number of nitrogen functional groups attached to an aromatic ring is 1. The van der Waals surface area contributed by atoms with Crippen LogP contribution in [-0.2, 0) is 12.8 Å². The zero-order valence-corrected chi connectivity index (χ0v) is 10.8. The van der Waals surface area contributed by atoms with Gasteiger partial charge in [-0.25, -0.2) is 0 Å². The highest BCUT2D eigenvalue weighted by Gasteiger charge is 2.04. The molecule has 0 fully saturated rings. The van der Waals surface area contributed by atoms with E-state index in [1.54, 1.807) is 0 Å². The van der Waals surface area contributed by atoms with Gasteiger partial charge in [-0.1, -0.05) is 42.5 Å². The molecule has 0 atom stereocenters. The first-order valence-electron chi connectivity index (χ1n) is 6.36. The summed E-state index contributed by atoms with van der Waals surface area (Å²) in [5.41, 5.74) is 10.8. The summed E-state index contributed by atoms with van der Waals surface area (Å²) < 4.78 is 0. The Morgan fingerprint density at radius 3 is 2.17 bits per heavy atom.